The lowest BCUT2D eigenvalue weighted by atomic mass is 9.74. The molecule has 8 atom stereocenters. The van der Waals surface area contributed by atoms with E-state index in [9.17, 15) is 24.9 Å². The Balaban J connectivity index is 1.04. The van der Waals surface area contributed by atoms with Crippen LogP contribution in [0.15, 0.2) is 78.1 Å². The van der Waals surface area contributed by atoms with Gasteiger partial charge in [-0.2, -0.15) is 0 Å². The number of nitrogens with one attached hydrogen (secondary N) is 2. The topological polar surface area (TPSA) is 154 Å². The molecular formula is C48H59N3O6. The summed E-state index contributed by atoms with van der Waals surface area (Å²) in [6.45, 7) is 1.56. The Kier molecular flexibility index (Phi) is 13.4. The van der Waals surface area contributed by atoms with Crippen molar-refractivity contribution >= 4 is 22.3 Å². The lowest BCUT2D eigenvalue weighted by Crippen LogP contribution is -2.48. The highest BCUT2D eigenvalue weighted by molar-refractivity contribution is 5.85. The monoisotopic (exact) mass is 773 g/mol. The van der Waals surface area contributed by atoms with Crippen molar-refractivity contribution in [3.8, 4) is 23.3 Å². The van der Waals surface area contributed by atoms with Gasteiger partial charge in [0.25, 0.3) is 0 Å². The second kappa shape index (κ2) is 18.8. The third kappa shape index (κ3) is 10.1. The number of aliphatic hydroxyl groups excluding tert-OH is 2. The molecule has 57 heavy (non-hydrogen) atoms. The number of methoxy groups -OCH3 is 1. The van der Waals surface area contributed by atoms with Gasteiger partial charge in [-0.05, 0) is 121 Å². The van der Waals surface area contributed by atoms with Crippen LogP contribution in [0.5, 0.6) is 11.5 Å². The van der Waals surface area contributed by atoms with E-state index in [1.807, 2.05) is 18.2 Å². The number of aromatic hydroxyl groups is 1. The Bertz CT molecular complexity index is 2050. The number of carbonyl (C=O) groups excluding carboxylic acids is 2. The van der Waals surface area contributed by atoms with Gasteiger partial charge in [0, 0.05) is 43.7 Å². The van der Waals surface area contributed by atoms with Crippen molar-refractivity contribution in [1.29, 1.82) is 0 Å². The summed E-state index contributed by atoms with van der Waals surface area (Å²) >= 11 is 0. The maximum absolute atomic E-state index is 13.7. The van der Waals surface area contributed by atoms with Crippen LogP contribution in [0.1, 0.15) is 106 Å². The van der Waals surface area contributed by atoms with Gasteiger partial charge in [0.1, 0.15) is 11.7 Å². The van der Waals surface area contributed by atoms with Gasteiger partial charge in [-0.3, -0.25) is 9.59 Å². The van der Waals surface area contributed by atoms with E-state index in [2.05, 4.69) is 58.9 Å². The van der Waals surface area contributed by atoms with Gasteiger partial charge in [0.15, 0.2) is 17.3 Å². The van der Waals surface area contributed by atoms with Crippen LogP contribution in [0.25, 0.3) is 10.8 Å². The largest absolute Gasteiger partial charge is 0.504 e. The Labute approximate surface area is 337 Å². The molecule has 0 unspecified atom stereocenters. The van der Waals surface area contributed by atoms with Crippen LogP contribution in [0.4, 0.5) is 0 Å². The molecule has 0 bridgehead atoms. The molecule has 7 N–H and O–H groups in total. The van der Waals surface area contributed by atoms with Crippen molar-refractivity contribution in [2.24, 2.45) is 23.5 Å². The number of benzene rings is 3. The summed E-state index contributed by atoms with van der Waals surface area (Å²) in [5.41, 5.74) is 10.1. The quantitative estimate of drug-likeness (QED) is 0.0778. The second-order valence-corrected chi connectivity index (χ2v) is 16.8. The first-order chi connectivity index (χ1) is 27.6. The predicted molar refractivity (Wildman–Crippen MR) is 224 cm³/mol. The number of fused-ring (bicyclic) bond motifs is 3. The number of phenolic OH excluding ortho intramolecular Hbond substituents is 1. The smallest absolute Gasteiger partial charge is 0.160 e. The number of hydrogen-bond donors (Lipinski definition) is 6. The number of unbranched alkanes of at least 4 members (excludes halogenated alkanes) is 1. The molecule has 2 fully saturated rings. The molecule has 0 aromatic heterocycles. The van der Waals surface area contributed by atoms with Crippen LogP contribution in [0.2, 0.25) is 0 Å². The lowest BCUT2D eigenvalue weighted by molar-refractivity contribution is -0.124. The van der Waals surface area contributed by atoms with E-state index in [1.54, 1.807) is 12.1 Å². The number of phenols is 1. The molecule has 1 saturated carbocycles. The fraction of sp³-hybridized carbons (Fsp3) is 0.500. The fourth-order valence-corrected chi connectivity index (χ4v) is 9.67. The average Bonchev–Trinajstić information content (AvgIpc) is 3.27. The second-order valence-electron chi connectivity index (χ2n) is 16.8. The zero-order valence-electron chi connectivity index (χ0n) is 33.2. The van der Waals surface area contributed by atoms with Gasteiger partial charge in [-0.25, -0.2) is 0 Å². The van der Waals surface area contributed by atoms with Gasteiger partial charge in [0.2, 0.25) is 0 Å². The molecule has 7 rings (SSSR count). The molecule has 2 aliphatic carbocycles. The van der Waals surface area contributed by atoms with Crippen LogP contribution in [0, 0.1) is 29.6 Å². The minimum absolute atomic E-state index is 0.00464. The Morgan fingerprint density at radius 2 is 1.81 bits per heavy atom. The number of ether oxygens (including phenoxy) is 1. The number of ketones is 2. The summed E-state index contributed by atoms with van der Waals surface area (Å²) in [5, 5.41) is 43.1. The minimum atomic E-state index is -0.875. The van der Waals surface area contributed by atoms with Crippen molar-refractivity contribution in [1.82, 2.24) is 10.6 Å². The standard InChI is InChI=1S/C48H59N3O6/c1-57-47-24-35-15-19-45(55)40(44(54)9-5-2-6-30-22-37-13-17-39(53)27-43(37)51-29-30)18-14-32(42(35)28-46(47)56)12-16-38(52)26-41(36-20-21-50-48(49)25-36)34-11-10-31-7-3-4-8-33(31)23-34/h3-4,7-8,10-11,20,23-25,28,30,32,37-38,40-41,43-44,50-52,54,56H,2,5-6,9,12-13,15-17,19,21-22,26-27,29,49H2,1H3/t30-,32+,37+,38-,40+,41-,43+,44+/m0/s1. The first kappa shape index (κ1) is 40.6. The van der Waals surface area contributed by atoms with Crippen molar-refractivity contribution in [2.45, 2.75) is 114 Å². The number of Topliss-reactive ketones (excluding diaryl/α,β-unsaturated/α-hetero) is 2. The molecule has 9 nitrogen and oxygen atoms in total. The van der Waals surface area contributed by atoms with E-state index < -0.39 is 18.1 Å². The van der Waals surface area contributed by atoms with Crippen LogP contribution < -0.4 is 21.1 Å². The summed E-state index contributed by atoms with van der Waals surface area (Å²) in [6.07, 6.45) is 11.4. The first-order valence-corrected chi connectivity index (χ1v) is 21.1. The van der Waals surface area contributed by atoms with Gasteiger partial charge < -0.3 is 36.4 Å². The Morgan fingerprint density at radius 1 is 0.965 bits per heavy atom. The SMILES string of the molecule is COc1cc2c(cc1O)[C@H](CC[C@H](O)C[C@H](C1=CCNC(N)=C1)c1ccc3ccccc3c1)C#C[C@H]([C@H](O)CCCC[C@@H]1CN[C@@H]3CC(=O)CC[C@@H]3C1)C(=O)CC2. The Hall–Kier alpha value is -4.62. The predicted octanol–water partition coefficient (Wildman–Crippen LogP) is 6.69. The number of rotatable bonds is 14. The number of piperidine rings is 1. The van der Waals surface area contributed by atoms with Crippen LogP contribution in [-0.2, 0) is 16.0 Å². The number of nitrogens with two attached hydrogens (primary N) is 1. The maximum atomic E-state index is 13.7. The molecular weight excluding hydrogens is 715 g/mol. The summed E-state index contributed by atoms with van der Waals surface area (Å²) in [7, 11) is 1.51. The number of dihydropyridines is 1. The first-order valence-electron chi connectivity index (χ1n) is 21.1. The summed E-state index contributed by atoms with van der Waals surface area (Å²) in [5.74, 6) is 7.71. The maximum Gasteiger partial charge on any atom is 0.160 e. The molecule has 1 saturated heterocycles. The van der Waals surface area contributed by atoms with E-state index in [4.69, 9.17) is 10.5 Å². The van der Waals surface area contributed by atoms with Crippen LogP contribution in [0.3, 0.4) is 0 Å². The number of allylic oxidation sites excluding steroid dienone is 2. The molecule has 2 heterocycles. The molecule has 0 spiro atoms. The number of aryl methyl sites for hydroxylation is 1. The van der Waals surface area contributed by atoms with Gasteiger partial charge in [-0.15, -0.1) is 0 Å². The highest BCUT2D eigenvalue weighted by Crippen LogP contribution is 2.39. The fourth-order valence-electron chi connectivity index (χ4n) is 9.67. The van der Waals surface area contributed by atoms with Crippen molar-refractivity contribution in [2.75, 3.05) is 20.2 Å². The number of carbonyl (C=O) groups is 2. The highest BCUT2D eigenvalue weighted by atomic mass is 16.5. The number of aliphatic hydroxyl groups is 2. The zero-order valence-corrected chi connectivity index (χ0v) is 33.2. The molecule has 2 aliphatic heterocycles. The van der Waals surface area contributed by atoms with E-state index in [-0.39, 0.29) is 29.8 Å². The van der Waals surface area contributed by atoms with Crippen molar-refractivity contribution in [3.63, 3.8) is 0 Å². The summed E-state index contributed by atoms with van der Waals surface area (Å²) in [4.78, 5) is 25.6. The average molecular weight is 774 g/mol. The van der Waals surface area contributed by atoms with E-state index in [0.29, 0.717) is 86.7 Å². The van der Waals surface area contributed by atoms with Gasteiger partial charge >= 0.3 is 0 Å². The molecule has 3 aromatic rings. The van der Waals surface area contributed by atoms with Crippen LogP contribution in [-0.4, -0.2) is 65.3 Å². The Morgan fingerprint density at radius 3 is 2.63 bits per heavy atom. The molecule has 0 radical (unpaired) electrons. The number of hydrogen-bond acceptors (Lipinski definition) is 9. The van der Waals surface area contributed by atoms with Gasteiger partial charge in [-0.1, -0.05) is 73.2 Å². The van der Waals surface area contributed by atoms with Gasteiger partial charge in [0.05, 0.1) is 25.1 Å². The molecule has 302 valence electrons. The van der Waals surface area contributed by atoms with Crippen molar-refractivity contribution in [3.05, 3.63) is 94.8 Å². The van der Waals surface area contributed by atoms with E-state index >= 15 is 0 Å². The third-order valence-corrected chi connectivity index (χ3v) is 12.9. The van der Waals surface area contributed by atoms with E-state index in [1.165, 1.54) is 7.11 Å². The third-order valence-electron chi connectivity index (χ3n) is 12.9. The molecule has 4 aliphatic rings. The zero-order chi connectivity index (χ0) is 39.9. The molecule has 0 amide bonds. The van der Waals surface area contributed by atoms with Crippen molar-refractivity contribution < 1.29 is 29.6 Å². The van der Waals surface area contributed by atoms with E-state index in [0.717, 1.165) is 71.7 Å². The summed E-state index contributed by atoms with van der Waals surface area (Å²) < 4.78 is 5.45. The molecule has 3 aromatic carbocycles. The van der Waals surface area contributed by atoms with Crippen LogP contribution >= 0.6 is 0 Å². The highest BCUT2D eigenvalue weighted by Gasteiger charge is 2.35. The lowest BCUT2D eigenvalue weighted by Gasteiger charge is -2.39. The minimum Gasteiger partial charge on any atom is -0.504 e. The summed E-state index contributed by atoms with van der Waals surface area (Å²) in [6, 6.07) is 18.5. The molecule has 9 heteroatoms. The normalized spacial score (nSPS) is 25.1.